The van der Waals surface area contributed by atoms with E-state index in [1.54, 1.807) is 0 Å². The van der Waals surface area contributed by atoms with Crippen molar-refractivity contribution in [3.63, 3.8) is 0 Å². The zero-order chi connectivity index (χ0) is 11.4. The van der Waals surface area contributed by atoms with E-state index in [0.717, 1.165) is 52.6 Å². The Morgan fingerprint density at radius 2 is 1.00 bits per heavy atom. The van der Waals surface area contributed by atoms with Gasteiger partial charge in [-0.15, -0.1) is 0 Å². The van der Waals surface area contributed by atoms with E-state index in [9.17, 15) is 0 Å². The van der Waals surface area contributed by atoms with Crippen LogP contribution in [0.4, 0.5) is 0 Å². The van der Waals surface area contributed by atoms with Crippen molar-refractivity contribution in [2.45, 2.75) is 9.90 Å². The Balaban J connectivity index is 1.84. The number of nitrogens with zero attached hydrogens (tertiary/aromatic N) is 2. The summed E-state index contributed by atoms with van der Waals surface area (Å²) in [7, 11) is 0. The van der Waals surface area contributed by atoms with E-state index in [0.29, 0.717) is 9.90 Å². The van der Waals surface area contributed by atoms with Crippen LogP contribution in [0.3, 0.4) is 0 Å². The maximum Gasteiger partial charge on any atom is 0.0916 e. The lowest BCUT2D eigenvalue weighted by Gasteiger charge is -2.39. The molecule has 0 aromatic carbocycles. The fourth-order valence-corrected chi connectivity index (χ4v) is 3.48. The number of hydrogen-bond acceptors (Lipinski definition) is 4. The van der Waals surface area contributed by atoms with Gasteiger partial charge in [0.2, 0.25) is 0 Å². The second-order valence-corrected chi connectivity index (χ2v) is 5.92. The minimum absolute atomic E-state index is 0.342. The van der Waals surface area contributed by atoms with Crippen molar-refractivity contribution in [1.82, 2.24) is 9.80 Å². The minimum Gasteiger partial charge on any atom is -0.379 e. The molecule has 0 N–H and O–H groups in total. The molecule has 2 aliphatic heterocycles. The molecule has 0 aliphatic carbocycles. The van der Waals surface area contributed by atoms with Crippen molar-refractivity contribution in [3.8, 4) is 0 Å². The summed E-state index contributed by atoms with van der Waals surface area (Å²) in [5, 5.41) is 0. The number of ether oxygens (including phenoxy) is 2. The van der Waals surface area contributed by atoms with Gasteiger partial charge in [0.05, 0.1) is 36.3 Å². The third-order valence-electron chi connectivity index (χ3n) is 3.02. The van der Waals surface area contributed by atoms with Gasteiger partial charge in [0, 0.05) is 26.2 Å². The first-order chi connectivity index (χ1) is 7.79. The van der Waals surface area contributed by atoms with Crippen molar-refractivity contribution in [2.24, 2.45) is 0 Å². The number of rotatable bonds is 3. The number of hydrogen-bond donors (Lipinski definition) is 0. The Kier molecular flexibility index (Phi) is 5.51. The van der Waals surface area contributed by atoms with Crippen LogP contribution in [0.5, 0.6) is 0 Å². The van der Waals surface area contributed by atoms with Gasteiger partial charge >= 0.3 is 0 Å². The lowest BCUT2D eigenvalue weighted by atomic mass is 10.3. The molecule has 2 rings (SSSR count). The van der Waals surface area contributed by atoms with Crippen LogP contribution in [0, 0.1) is 0 Å². The van der Waals surface area contributed by atoms with Gasteiger partial charge in [0.1, 0.15) is 0 Å². The molecular formula is C10H18Br2N2O2. The Morgan fingerprint density at radius 1 is 0.688 bits per heavy atom. The van der Waals surface area contributed by atoms with E-state index in [1.165, 1.54) is 0 Å². The lowest BCUT2D eigenvalue weighted by Crippen LogP contribution is -2.52. The molecule has 2 saturated heterocycles. The summed E-state index contributed by atoms with van der Waals surface area (Å²) in [4.78, 5) is 5.51. The van der Waals surface area contributed by atoms with Gasteiger partial charge in [-0.1, -0.05) is 31.9 Å². The average Bonchev–Trinajstić information content (AvgIpc) is 2.39. The lowest BCUT2D eigenvalue weighted by molar-refractivity contribution is 0.00361. The van der Waals surface area contributed by atoms with E-state index >= 15 is 0 Å². The molecule has 16 heavy (non-hydrogen) atoms. The standard InChI is InChI=1S/C10H18Br2N2O2/c11-9(13-1-5-15-6-2-13)10(12)14-3-7-16-8-4-14/h9-10H,1-8H2. The molecule has 6 heteroatoms. The Morgan fingerprint density at radius 3 is 1.31 bits per heavy atom. The van der Waals surface area contributed by atoms with Gasteiger partial charge in [-0.2, -0.15) is 0 Å². The molecule has 2 aliphatic rings. The fourth-order valence-electron chi connectivity index (χ4n) is 2.00. The summed E-state index contributed by atoms with van der Waals surface area (Å²) in [5.41, 5.74) is 0. The molecule has 94 valence electrons. The highest BCUT2D eigenvalue weighted by Gasteiger charge is 2.29. The highest BCUT2D eigenvalue weighted by Crippen LogP contribution is 2.23. The molecule has 4 nitrogen and oxygen atoms in total. The van der Waals surface area contributed by atoms with E-state index in [1.807, 2.05) is 0 Å². The van der Waals surface area contributed by atoms with Crippen LogP contribution in [0.2, 0.25) is 0 Å². The molecule has 0 amide bonds. The first-order valence-electron chi connectivity index (χ1n) is 5.71. The third-order valence-corrected chi connectivity index (χ3v) is 5.89. The molecule has 2 unspecified atom stereocenters. The first kappa shape index (κ1) is 13.2. The van der Waals surface area contributed by atoms with Gasteiger partial charge < -0.3 is 9.47 Å². The Bertz CT molecular complexity index is 187. The SMILES string of the molecule is BrC(C(Br)N1CCOCC1)N1CCOCC1. The molecule has 0 saturated carbocycles. The Labute approximate surface area is 113 Å². The van der Waals surface area contributed by atoms with Crippen molar-refractivity contribution in [2.75, 3.05) is 52.6 Å². The zero-order valence-corrected chi connectivity index (χ0v) is 12.5. The van der Waals surface area contributed by atoms with Gasteiger partial charge in [-0.25, -0.2) is 0 Å². The number of halogens is 2. The molecule has 0 spiro atoms. The normalized spacial score (nSPS) is 28.9. The van der Waals surface area contributed by atoms with E-state index in [4.69, 9.17) is 9.47 Å². The summed E-state index contributed by atoms with van der Waals surface area (Å²) in [5.74, 6) is 0. The highest BCUT2D eigenvalue weighted by atomic mass is 79.9. The molecule has 2 atom stereocenters. The summed E-state index contributed by atoms with van der Waals surface area (Å²) in [6.07, 6.45) is 0. The topological polar surface area (TPSA) is 24.9 Å². The third kappa shape index (κ3) is 3.40. The summed E-state index contributed by atoms with van der Waals surface area (Å²) < 4.78 is 10.7. The van der Waals surface area contributed by atoms with E-state index in [2.05, 4.69) is 41.7 Å². The van der Waals surface area contributed by atoms with Crippen LogP contribution in [0.25, 0.3) is 0 Å². The maximum absolute atomic E-state index is 5.36. The monoisotopic (exact) mass is 356 g/mol. The van der Waals surface area contributed by atoms with Crippen LogP contribution in [0.1, 0.15) is 0 Å². The second kappa shape index (κ2) is 6.66. The molecule has 2 fully saturated rings. The highest BCUT2D eigenvalue weighted by molar-refractivity contribution is 9.12. The maximum atomic E-state index is 5.36. The fraction of sp³-hybridized carbons (Fsp3) is 1.00. The molecule has 0 radical (unpaired) electrons. The smallest absolute Gasteiger partial charge is 0.0916 e. The van der Waals surface area contributed by atoms with Crippen LogP contribution in [-0.4, -0.2) is 72.3 Å². The van der Waals surface area contributed by atoms with Gasteiger partial charge in [-0.05, 0) is 0 Å². The zero-order valence-electron chi connectivity index (χ0n) is 9.28. The van der Waals surface area contributed by atoms with Crippen LogP contribution < -0.4 is 0 Å². The van der Waals surface area contributed by atoms with Crippen molar-refractivity contribution in [3.05, 3.63) is 0 Å². The summed E-state index contributed by atoms with van der Waals surface area (Å²) in [6.45, 7) is 7.36. The van der Waals surface area contributed by atoms with Gasteiger partial charge in [-0.3, -0.25) is 9.80 Å². The predicted octanol–water partition coefficient (Wildman–Crippen LogP) is 1.09. The molecule has 0 aromatic rings. The molecule has 0 bridgehead atoms. The first-order valence-corrected chi connectivity index (χ1v) is 7.54. The average molecular weight is 358 g/mol. The minimum atomic E-state index is 0.342. The second-order valence-electron chi connectivity index (χ2n) is 4.04. The van der Waals surface area contributed by atoms with Crippen LogP contribution in [0.15, 0.2) is 0 Å². The van der Waals surface area contributed by atoms with E-state index in [-0.39, 0.29) is 0 Å². The largest absolute Gasteiger partial charge is 0.379 e. The number of morpholine rings is 2. The summed E-state index contributed by atoms with van der Waals surface area (Å²) >= 11 is 7.56. The predicted molar refractivity (Wildman–Crippen MR) is 70.2 cm³/mol. The summed E-state index contributed by atoms with van der Waals surface area (Å²) in [6, 6.07) is 0. The number of alkyl halides is 2. The molecular weight excluding hydrogens is 340 g/mol. The molecule has 2 heterocycles. The van der Waals surface area contributed by atoms with Gasteiger partial charge in [0.25, 0.3) is 0 Å². The quantitative estimate of drug-likeness (QED) is 0.557. The van der Waals surface area contributed by atoms with Crippen LogP contribution in [-0.2, 0) is 9.47 Å². The van der Waals surface area contributed by atoms with Crippen molar-refractivity contribution in [1.29, 1.82) is 0 Å². The van der Waals surface area contributed by atoms with Crippen LogP contribution >= 0.6 is 31.9 Å². The van der Waals surface area contributed by atoms with Gasteiger partial charge in [0.15, 0.2) is 0 Å². The van der Waals surface area contributed by atoms with E-state index < -0.39 is 0 Å². The van der Waals surface area contributed by atoms with Crippen molar-refractivity contribution >= 4 is 31.9 Å². The van der Waals surface area contributed by atoms with Crippen molar-refractivity contribution < 1.29 is 9.47 Å². The Hall–Kier alpha value is 0.800. The molecule has 0 aromatic heterocycles.